The second-order valence-electron chi connectivity index (χ2n) is 6.95. The fourth-order valence-electron chi connectivity index (χ4n) is 3.51. The molecule has 0 aromatic heterocycles. The maximum Gasteiger partial charge on any atom is 0.422 e. The Kier molecular flexibility index (Phi) is 9.93. The van der Waals surface area contributed by atoms with Crippen molar-refractivity contribution in [2.24, 2.45) is 0 Å². The molecule has 1 aromatic carbocycles. The Labute approximate surface area is 160 Å². The second-order valence-corrected chi connectivity index (χ2v) is 6.95. The molecule has 0 aliphatic carbocycles. The molecule has 3 nitrogen and oxygen atoms in total. The molecule has 1 aliphatic rings. The number of nitrogens with zero attached hydrogens (tertiary/aromatic N) is 1. The van der Waals surface area contributed by atoms with Crippen LogP contribution in [0.5, 0.6) is 0 Å². The monoisotopic (exact) mass is 394 g/mol. The Balaban J connectivity index is 0.00000338. The van der Waals surface area contributed by atoms with Gasteiger partial charge in [0.25, 0.3) is 0 Å². The van der Waals surface area contributed by atoms with E-state index in [4.69, 9.17) is 0 Å². The number of rotatable bonds is 8. The minimum Gasteiger partial charge on any atom is -1.00 e. The minimum absolute atomic E-state index is 0. The van der Waals surface area contributed by atoms with Crippen LogP contribution in [0.25, 0.3) is 0 Å². The molecule has 1 fully saturated rings. The average molecular weight is 395 g/mol. The zero-order valence-corrected chi connectivity index (χ0v) is 16.1. The number of aliphatic hydroxyl groups is 1. The number of benzene rings is 1. The van der Waals surface area contributed by atoms with E-state index in [-0.39, 0.29) is 18.5 Å². The van der Waals surface area contributed by atoms with Crippen molar-refractivity contribution in [3.05, 3.63) is 29.8 Å². The van der Waals surface area contributed by atoms with Gasteiger partial charge in [-0.05, 0) is 18.6 Å². The first-order chi connectivity index (χ1) is 11.9. The van der Waals surface area contributed by atoms with E-state index in [2.05, 4.69) is 11.8 Å². The topological polar surface area (TPSA) is 27.9 Å². The zero-order valence-electron chi connectivity index (χ0n) is 15.4. The maximum absolute atomic E-state index is 13.2. The molecule has 0 saturated carbocycles. The number of para-hydroxylation sites is 1. The van der Waals surface area contributed by atoms with Gasteiger partial charge in [0, 0.05) is 19.6 Å². The number of halogens is 4. The molecule has 1 atom stereocenters. The van der Waals surface area contributed by atoms with Crippen LogP contribution in [0.4, 0.5) is 18.9 Å². The number of nitrogens with one attached hydrogen (secondary N) is 1. The van der Waals surface area contributed by atoms with E-state index < -0.39 is 11.7 Å². The highest BCUT2D eigenvalue weighted by molar-refractivity contribution is 5.41. The van der Waals surface area contributed by atoms with Gasteiger partial charge in [-0.25, -0.2) is 0 Å². The number of unbranched alkanes of at least 4 members (excludes halogenated alkanes) is 3. The van der Waals surface area contributed by atoms with Gasteiger partial charge in [-0.1, -0.05) is 44.7 Å². The fraction of sp³-hybridized carbons (Fsp3) is 0.684. The lowest BCUT2D eigenvalue weighted by atomic mass is 10.1. The number of quaternary nitrogens is 1. The van der Waals surface area contributed by atoms with Gasteiger partial charge in [-0.3, -0.25) is 9.80 Å². The van der Waals surface area contributed by atoms with Gasteiger partial charge in [-0.2, -0.15) is 13.2 Å². The standard InChI is InChI=1S/C19H29F3N2O.ClH/c1-2-3-4-5-8-16(25)15-23-11-13-24(14-12-23)18-10-7-6-9-17(18)19(20,21)22;/h6-7,9-10,16,25H,2-5,8,11-15H2,1H3;1H. The lowest BCUT2D eigenvalue weighted by Crippen LogP contribution is -3.10. The van der Waals surface area contributed by atoms with E-state index in [9.17, 15) is 18.3 Å². The van der Waals surface area contributed by atoms with E-state index >= 15 is 0 Å². The van der Waals surface area contributed by atoms with Crippen molar-refractivity contribution in [2.45, 2.75) is 51.3 Å². The van der Waals surface area contributed by atoms with E-state index in [1.807, 2.05) is 0 Å². The molecule has 0 spiro atoms. The summed E-state index contributed by atoms with van der Waals surface area (Å²) in [6, 6.07) is 5.85. The van der Waals surface area contributed by atoms with Gasteiger partial charge in [-0.15, -0.1) is 0 Å². The molecule has 2 N–H and O–H groups in total. The smallest absolute Gasteiger partial charge is 0.422 e. The number of hydrogen-bond donors (Lipinski definition) is 2. The third-order valence-electron chi connectivity index (χ3n) is 4.93. The Morgan fingerprint density at radius 3 is 2.38 bits per heavy atom. The molecule has 1 heterocycles. The van der Waals surface area contributed by atoms with Crippen LogP contribution in [0.3, 0.4) is 0 Å². The Bertz CT molecular complexity index is 520. The Morgan fingerprint density at radius 2 is 1.77 bits per heavy atom. The van der Waals surface area contributed by atoms with Crippen molar-refractivity contribution < 1.29 is 35.6 Å². The number of hydrogen-bond acceptors (Lipinski definition) is 2. The molecule has 0 amide bonds. The highest BCUT2D eigenvalue weighted by atomic mass is 35.5. The highest BCUT2D eigenvalue weighted by Crippen LogP contribution is 2.33. The van der Waals surface area contributed by atoms with Crippen LogP contribution >= 0.6 is 0 Å². The van der Waals surface area contributed by atoms with Crippen molar-refractivity contribution in [3.63, 3.8) is 0 Å². The summed E-state index contributed by atoms with van der Waals surface area (Å²) in [5.74, 6) is 0. The Hall–Kier alpha value is -0.820. The Morgan fingerprint density at radius 1 is 1.12 bits per heavy atom. The number of β-amino-alcohol motifs (C(OH)–C–C–N with tert-alkyl or cyclic N) is 1. The number of piperazine rings is 1. The third kappa shape index (κ3) is 7.06. The maximum atomic E-state index is 13.2. The summed E-state index contributed by atoms with van der Waals surface area (Å²) in [6.45, 7) is 5.49. The summed E-state index contributed by atoms with van der Waals surface area (Å²) in [6.07, 6.45) is 0.743. The van der Waals surface area contributed by atoms with Crippen LogP contribution in [0.15, 0.2) is 24.3 Å². The van der Waals surface area contributed by atoms with Crippen LogP contribution in [-0.2, 0) is 6.18 Å². The molecule has 7 heteroatoms. The fourth-order valence-corrected chi connectivity index (χ4v) is 3.51. The first kappa shape index (κ1) is 23.2. The molecule has 1 aliphatic heterocycles. The molecule has 0 bridgehead atoms. The SMILES string of the molecule is CCCCCCC(O)CN1CC[NH+](c2ccccc2C(F)(F)F)CC1.[Cl-]. The first-order valence-electron chi connectivity index (χ1n) is 9.33. The van der Waals surface area contributed by atoms with Crippen LogP contribution < -0.4 is 17.3 Å². The molecule has 2 rings (SSSR count). The van der Waals surface area contributed by atoms with Crippen LogP contribution in [-0.4, -0.2) is 48.8 Å². The van der Waals surface area contributed by atoms with Crippen molar-refractivity contribution in [1.82, 2.24) is 4.90 Å². The lowest BCUT2D eigenvalue weighted by Gasteiger charge is -2.33. The van der Waals surface area contributed by atoms with Crippen molar-refractivity contribution in [3.8, 4) is 0 Å². The van der Waals surface area contributed by atoms with Gasteiger partial charge in [0.1, 0.15) is 11.3 Å². The van der Waals surface area contributed by atoms with E-state index in [1.54, 1.807) is 12.1 Å². The normalized spacial score (nSPS) is 17.7. The van der Waals surface area contributed by atoms with Crippen molar-refractivity contribution in [2.75, 3.05) is 32.7 Å². The van der Waals surface area contributed by atoms with E-state index in [1.165, 1.54) is 18.9 Å². The summed E-state index contributed by atoms with van der Waals surface area (Å²) < 4.78 is 39.5. The summed E-state index contributed by atoms with van der Waals surface area (Å²) in [4.78, 5) is 3.05. The predicted octanol–water partition coefficient (Wildman–Crippen LogP) is -0.127. The summed E-state index contributed by atoms with van der Waals surface area (Å²) in [5.41, 5.74) is -0.191. The average Bonchev–Trinajstić information content (AvgIpc) is 2.59. The zero-order chi connectivity index (χ0) is 18.3. The third-order valence-corrected chi connectivity index (χ3v) is 4.93. The molecular weight excluding hydrogens is 365 g/mol. The summed E-state index contributed by atoms with van der Waals surface area (Å²) >= 11 is 0. The molecule has 150 valence electrons. The first-order valence-corrected chi connectivity index (χ1v) is 9.33. The molecule has 1 aromatic rings. The van der Waals surface area contributed by atoms with Gasteiger partial charge in [0.05, 0.1) is 19.2 Å². The van der Waals surface area contributed by atoms with Gasteiger partial charge in [0.2, 0.25) is 0 Å². The molecular formula is C19H30ClF3N2O. The van der Waals surface area contributed by atoms with E-state index in [0.29, 0.717) is 38.4 Å². The number of alkyl halides is 3. The highest BCUT2D eigenvalue weighted by Gasteiger charge is 2.37. The van der Waals surface area contributed by atoms with E-state index in [0.717, 1.165) is 30.2 Å². The predicted molar refractivity (Wildman–Crippen MR) is 93.0 cm³/mol. The molecule has 26 heavy (non-hydrogen) atoms. The second kappa shape index (κ2) is 11.1. The van der Waals surface area contributed by atoms with Crippen LogP contribution in [0, 0.1) is 0 Å². The molecule has 1 saturated heterocycles. The lowest BCUT2D eigenvalue weighted by molar-refractivity contribution is -0.838. The summed E-state index contributed by atoms with van der Waals surface area (Å²) in [5, 5.41) is 10.1. The summed E-state index contributed by atoms with van der Waals surface area (Å²) in [7, 11) is 0. The van der Waals surface area contributed by atoms with Gasteiger partial charge in [0.15, 0.2) is 0 Å². The molecule has 1 unspecified atom stereocenters. The van der Waals surface area contributed by atoms with Gasteiger partial charge < -0.3 is 17.5 Å². The van der Waals surface area contributed by atoms with Crippen molar-refractivity contribution >= 4 is 5.69 Å². The van der Waals surface area contributed by atoms with Gasteiger partial charge >= 0.3 is 6.18 Å². The number of aliphatic hydroxyl groups excluding tert-OH is 1. The van der Waals surface area contributed by atoms with Crippen LogP contribution in [0.1, 0.15) is 44.6 Å². The quantitative estimate of drug-likeness (QED) is 0.601. The van der Waals surface area contributed by atoms with Crippen molar-refractivity contribution in [1.29, 1.82) is 0 Å². The van der Waals surface area contributed by atoms with Crippen LogP contribution in [0.2, 0.25) is 0 Å². The molecule has 0 radical (unpaired) electrons. The largest absolute Gasteiger partial charge is 1.00 e. The minimum atomic E-state index is -4.31.